The van der Waals surface area contributed by atoms with Gasteiger partial charge in [-0.25, -0.2) is 4.79 Å². The van der Waals surface area contributed by atoms with Gasteiger partial charge in [0.05, 0.1) is 11.7 Å². The summed E-state index contributed by atoms with van der Waals surface area (Å²) in [5.74, 6) is -0.341. The third-order valence-corrected chi connectivity index (χ3v) is 3.61. The summed E-state index contributed by atoms with van der Waals surface area (Å²) < 4.78 is 5.15. The van der Waals surface area contributed by atoms with Gasteiger partial charge in [0, 0.05) is 16.4 Å². The van der Waals surface area contributed by atoms with Crippen molar-refractivity contribution in [3.63, 3.8) is 0 Å². The summed E-state index contributed by atoms with van der Waals surface area (Å²) in [6.07, 6.45) is -0.145. The third-order valence-electron chi connectivity index (χ3n) is 3.17. The van der Waals surface area contributed by atoms with E-state index in [2.05, 4.69) is 10.6 Å². The highest BCUT2D eigenvalue weighted by Crippen LogP contribution is 2.20. The first-order valence-corrected chi connectivity index (χ1v) is 8.29. The van der Waals surface area contributed by atoms with E-state index in [4.69, 9.17) is 28.6 Å². The van der Waals surface area contributed by atoms with Crippen LogP contribution < -0.4 is 10.6 Å². The van der Waals surface area contributed by atoms with Gasteiger partial charge in [0.1, 0.15) is 0 Å². The second-order valence-electron chi connectivity index (χ2n) is 5.57. The molecule has 126 valence electrons. The number of anilines is 2. The molecule has 0 aliphatic rings. The predicted octanol–water partition coefficient (Wildman–Crippen LogP) is 5.02. The number of halogens is 1. The number of carbonyl (C=O) groups excluding carboxylic acids is 1. The summed E-state index contributed by atoms with van der Waals surface area (Å²) in [6, 6.07) is 12.5. The van der Waals surface area contributed by atoms with Gasteiger partial charge in [-0.2, -0.15) is 0 Å². The first-order chi connectivity index (χ1) is 11.3. The number of hydrogen-bond donors (Lipinski definition) is 2. The molecule has 0 unspecified atom stereocenters. The van der Waals surface area contributed by atoms with Gasteiger partial charge in [-0.3, -0.25) is 0 Å². The van der Waals surface area contributed by atoms with Crippen molar-refractivity contribution >= 4 is 46.3 Å². The molecule has 0 amide bonds. The number of rotatable bonds is 4. The molecule has 0 aliphatic carbocycles. The second kappa shape index (κ2) is 8.13. The Hall–Kier alpha value is -2.11. The molecule has 0 atom stereocenters. The Morgan fingerprint density at radius 1 is 1.12 bits per heavy atom. The maximum atomic E-state index is 11.8. The van der Waals surface area contributed by atoms with Gasteiger partial charge >= 0.3 is 5.97 Å². The van der Waals surface area contributed by atoms with E-state index >= 15 is 0 Å². The fourth-order valence-corrected chi connectivity index (χ4v) is 2.39. The number of carbonyl (C=O) groups is 1. The van der Waals surface area contributed by atoms with Gasteiger partial charge in [0.15, 0.2) is 5.11 Å². The molecule has 24 heavy (non-hydrogen) atoms. The van der Waals surface area contributed by atoms with Crippen molar-refractivity contribution in [2.24, 2.45) is 0 Å². The van der Waals surface area contributed by atoms with E-state index in [1.165, 1.54) is 0 Å². The summed E-state index contributed by atoms with van der Waals surface area (Å²) in [6.45, 7) is 5.60. The Kier molecular flexibility index (Phi) is 6.17. The molecule has 0 bridgehead atoms. The highest BCUT2D eigenvalue weighted by atomic mass is 35.5. The lowest BCUT2D eigenvalue weighted by atomic mass is 10.2. The van der Waals surface area contributed by atoms with Crippen LogP contribution in [0.5, 0.6) is 0 Å². The monoisotopic (exact) mass is 362 g/mol. The minimum absolute atomic E-state index is 0.145. The van der Waals surface area contributed by atoms with Gasteiger partial charge in [-0.15, -0.1) is 0 Å². The van der Waals surface area contributed by atoms with Crippen molar-refractivity contribution in [1.29, 1.82) is 0 Å². The van der Waals surface area contributed by atoms with Crippen molar-refractivity contribution in [2.75, 3.05) is 10.6 Å². The normalized spacial score (nSPS) is 10.4. The minimum Gasteiger partial charge on any atom is -0.459 e. The van der Waals surface area contributed by atoms with Gasteiger partial charge in [0.2, 0.25) is 0 Å². The Morgan fingerprint density at radius 2 is 1.79 bits per heavy atom. The van der Waals surface area contributed by atoms with Crippen LogP contribution in [0.25, 0.3) is 0 Å². The SMILES string of the molecule is Cc1ccc(Cl)cc1NC(=S)Nc1ccc(C(=O)OC(C)C)cc1. The Bertz CT molecular complexity index is 745. The zero-order valence-corrected chi connectivity index (χ0v) is 15.3. The molecular weight excluding hydrogens is 344 g/mol. The number of nitrogens with one attached hydrogen (secondary N) is 2. The second-order valence-corrected chi connectivity index (χ2v) is 6.41. The van der Waals surface area contributed by atoms with E-state index in [0.717, 1.165) is 16.9 Å². The zero-order valence-electron chi connectivity index (χ0n) is 13.7. The first kappa shape index (κ1) is 18.2. The van der Waals surface area contributed by atoms with Gasteiger partial charge < -0.3 is 15.4 Å². The molecule has 0 saturated heterocycles. The minimum atomic E-state index is -0.341. The van der Waals surface area contributed by atoms with E-state index in [-0.39, 0.29) is 12.1 Å². The molecule has 0 aromatic heterocycles. The van der Waals surface area contributed by atoms with Crippen LogP contribution >= 0.6 is 23.8 Å². The molecular formula is C18H19ClN2O2S. The van der Waals surface area contributed by atoms with Crippen LogP contribution in [0.3, 0.4) is 0 Å². The topological polar surface area (TPSA) is 50.4 Å². The first-order valence-electron chi connectivity index (χ1n) is 7.50. The molecule has 0 fully saturated rings. The lowest BCUT2D eigenvalue weighted by Gasteiger charge is -2.13. The van der Waals surface area contributed by atoms with Crippen LogP contribution in [-0.4, -0.2) is 17.2 Å². The molecule has 2 aromatic carbocycles. The maximum Gasteiger partial charge on any atom is 0.338 e. The average molecular weight is 363 g/mol. The quantitative estimate of drug-likeness (QED) is 0.590. The van der Waals surface area contributed by atoms with Gasteiger partial charge in [0.25, 0.3) is 0 Å². The van der Waals surface area contributed by atoms with E-state index < -0.39 is 0 Å². The molecule has 2 N–H and O–H groups in total. The Labute approximate surface area is 152 Å². The fraction of sp³-hybridized carbons (Fsp3) is 0.222. The Balaban J connectivity index is 1.99. The summed E-state index contributed by atoms with van der Waals surface area (Å²) in [4.78, 5) is 11.8. The lowest BCUT2D eigenvalue weighted by molar-refractivity contribution is 0.0378. The number of hydrogen-bond acceptors (Lipinski definition) is 3. The Morgan fingerprint density at radius 3 is 2.42 bits per heavy atom. The van der Waals surface area contributed by atoms with Crippen molar-refractivity contribution in [1.82, 2.24) is 0 Å². The number of thiocarbonyl (C=S) groups is 1. The van der Waals surface area contributed by atoms with E-state index in [9.17, 15) is 4.79 Å². The smallest absolute Gasteiger partial charge is 0.338 e. The number of esters is 1. The molecule has 2 aromatic rings. The van der Waals surface area contributed by atoms with Crippen molar-refractivity contribution < 1.29 is 9.53 Å². The highest BCUT2D eigenvalue weighted by molar-refractivity contribution is 7.80. The summed E-state index contributed by atoms with van der Waals surface area (Å²) in [7, 11) is 0. The lowest BCUT2D eigenvalue weighted by Crippen LogP contribution is -2.19. The van der Waals surface area contributed by atoms with Crippen LogP contribution in [0.1, 0.15) is 29.8 Å². The predicted molar refractivity (Wildman–Crippen MR) is 103 cm³/mol. The van der Waals surface area contributed by atoms with Crippen molar-refractivity contribution in [3.05, 3.63) is 58.6 Å². The molecule has 4 nitrogen and oxygen atoms in total. The fourth-order valence-electron chi connectivity index (χ4n) is 1.99. The number of ether oxygens (including phenoxy) is 1. The van der Waals surface area contributed by atoms with E-state index in [1.807, 2.05) is 39.0 Å². The number of aryl methyl sites for hydroxylation is 1. The molecule has 0 radical (unpaired) electrons. The largest absolute Gasteiger partial charge is 0.459 e. The van der Waals surface area contributed by atoms with E-state index in [0.29, 0.717) is 15.7 Å². The standard InChI is InChI=1S/C18H19ClN2O2S/c1-11(2)23-17(22)13-5-8-15(9-6-13)20-18(24)21-16-10-14(19)7-4-12(16)3/h4-11H,1-3H3,(H2,20,21,24). The van der Waals surface area contributed by atoms with Crippen LogP contribution in [-0.2, 0) is 4.74 Å². The summed E-state index contributed by atoms with van der Waals surface area (Å²) in [5, 5.41) is 7.26. The molecule has 0 saturated carbocycles. The molecule has 0 spiro atoms. The van der Waals surface area contributed by atoms with E-state index in [1.54, 1.807) is 24.3 Å². The van der Waals surface area contributed by atoms with Crippen LogP contribution in [0, 0.1) is 6.92 Å². The molecule has 0 aliphatic heterocycles. The molecule has 2 rings (SSSR count). The van der Waals surface area contributed by atoms with Crippen LogP contribution in [0.2, 0.25) is 5.02 Å². The summed E-state index contributed by atoms with van der Waals surface area (Å²) >= 11 is 11.3. The van der Waals surface area contributed by atoms with Gasteiger partial charge in [-0.05, 0) is 75.0 Å². The van der Waals surface area contributed by atoms with Crippen molar-refractivity contribution in [2.45, 2.75) is 26.9 Å². The maximum absolute atomic E-state index is 11.8. The highest BCUT2D eigenvalue weighted by Gasteiger charge is 2.09. The third kappa shape index (κ3) is 5.22. The van der Waals surface area contributed by atoms with Crippen LogP contribution in [0.4, 0.5) is 11.4 Å². The van der Waals surface area contributed by atoms with Crippen molar-refractivity contribution in [3.8, 4) is 0 Å². The zero-order chi connectivity index (χ0) is 17.7. The van der Waals surface area contributed by atoms with Gasteiger partial charge in [-0.1, -0.05) is 17.7 Å². The van der Waals surface area contributed by atoms with Crippen LogP contribution in [0.15, 0.2) is 42.5 Å². The average Bonchev–Trinajstić information content (AvgIpc) is 2.51. The molecule has 0 heterocycles. The number of benzene rings is 2. The summed E-state index contributed by atoms with van der Waals surface area (Å²) in [5.41, 5.74) is 3.15. The molecule has 6 heteroatoms.